The predicted molar refractivity (Wildman–Crippen MR) is 100 cm³/mol. The Balaban J connectivity index is 2.48. The van der Waals surface area contributed by atoms with E-state index < -0.39 is 8.32 Å². The Bertz CT molecular complexity index is 424. The number of hydrogen-bond acceptors (Lipinski definition) is 3. The van der Waals surface area contributed by atoms with E-state index in [0.717, 1.165) is 13.0 Å². The maximum Gasteiger partial charge on any atom is 0.192 e. The van der Waals surface area contributed by atoms with Gasteiger partial charge in [-0.05, 0) is 43.0 Å². The van der Waals surface area contributed by atoms with Crippen LogP contribution in [0.5, 0.6) is 0 Å². The van der Waals surface area contributed by atoms with Crippen LogP contribution in [0.4, 0.5) is 0 Å². The summed E-state index contributed by atoms with van der Waals surface area (Å²) < 4.78 is 17.2. The van der Waals surface area contributed by atoms with Gasteiger partial charge >= 0.3 is 0 Å². The SMILES string of the molecule is C/C(=C\CC(C)(C)/C=C/C1OCCO1)CO[Si](C)(C)C(C)(C)C. The molecule has 0 saturated carbocycles. The summed E-state index contributed by atoms with van der Waals surface area (Å²) in [6.07, 6.45) is 7.35. The average molecular weight is 341 g/mol. The van der Waals surface area contributed by atoms with Gasteiger partial charge in [-0.2, -0.15) is 0 Å². The summed E-state index contributed by atoms with van der Waals surface area (Å²) in [5, 5.41) is 0.260. The van der Waals surface area contributed by atoms with Gasteiger partial charge in [-0.25, -0.2) is 0 Å². The van der Waals surface area contributed by atoms with Crippen LogP contribution in [0.2, 0.25) is 18.1 Å². The number of allylic oxidation sites excluding steroid dienone is 2. The highest BCUT2D eigenvalue weighted by molar-refractivity contribution is 6.74. The minimum Gasteiger partial charge on any atom is -0.413 e. The second-order valence-electron chi connectivity index (χ2n) is 8.76. The first-order valence-corrected chi connectivity index (χ1v) is 11.6. The predicted octanol–water partition coefficient (Wildman–Crippen LogP) is 5.30. The van der Waals surface area contributed by atoms with Gasteiger partial charge in [-0.15, -0.1) is 0 Å². The van der Waals surface area contributed by atoms with Gasteiger partial charge in [-0.1, -0.05) is 52.3 Å². The molecule has 0 aromatic heterocycles. The Kier molecular flexibility index (Phi) is 7.27. The molecule has 3 nitrogen and oxygen atoms in total. The molecular formula is C19H36O3Si. The van der Waals surface area contributed by atoms with E-state index in [9.17, 15) is 0 Å². The first-order chi connectivity index (χ1) is 10.4. The number of rotatable bonds is 7. The summed E-state index contributed by atoms with van der Waals surface area (Å²) in [5.41, 5.74) is 1.40. The molecule has 0 spiro atoms. The molecule has 0 bridgehead atoms. The lowest BCUT2D eigenvalue weighted by Crippen LogP contribution is -2.41. The zero-order valence-corrected chi connectivity index (χ0v) is 17.4. The van der Waals surface area contributed by atoms with Gasteiger partial charge in [-0.3, -0.25) is 0 Å². The minimum atomic E-state index is -1.66. The van der Waals surface area contributed by atoms with Gasteiger partial charge in [0, 0.05) is 0 Å². The first-order valence-electron chi connectivity index (χ1n) is 8.65. The van der Waals surface area contributed by atoms with Crippen LogP contribution in [0.15, 0.2) is 23.8 Å². The molecule has 0 N–H and O–H groups in total. The van der Waals surface area contributed by atoms with E-state index in [0.29, 0.717) is 13.2 Å². The normalized spacial score (nSPS) is 19.0. The molecule has 1 fully saturated rings. The fourth-order valence-corrected chi connectivity index (χ4v) is 2.92. The molecule has 0 radical (unpaired) electrons. The van der Waals surface area contributed by atoms with Gasteiger partial charge in [0.05, 0.1) is 19.8 Å². The largest absolute Gasteiger partial charge is 0.413 e. The lowest BCUT2D eigenvalue weighted by atomic mass is 9.88. The van der Waals surface area contributed by atoms with Crippen molar-refractivity contribution < 1.29 is 13.9 Å². The van der Waals surface area contributed by atoms with Crippen molar-refractivity contribution in [3.05, 3.63) is 23.8 Å². The molecule has 0 aromatic rings. The van der Waals surface area contributed by atoms with Gasteiger partial charge in [0.25, 0.3) is 0 Å². The monoisotopic (exact) mass is 340 g/mol. The minimum absolute atomic E-state index is 0.0908. The second-order valence-corrected chi connectivity index (χ2v) is 13.6. The third-order valence-corrected chi connectivity index (χ3v) is 9.27. The molecule has 0 amide bonds. The Hall–Kier alpha value is -0.423. The Morgan fingerprint density at radius 2 is 1.70 bits per heavy atom. The van der Waals surface area contributed by atoms with Crippen LogP contribution >= 0.6 is 0 Å². The second kappa shape index (κ2) is 8.10. The fourth-order valence-electron chi connectivity index (χ4n) is 1.90. The Labute approximate surface area is 144 Å². The van der Waals surface area contributed by atoms with E-state index >= 15 is 0 Å². The summed E-state index contributed by atoms with van der Waals surface area (Å²) in [6.45, 7) is 20.2. The summed E-state index contributed by atoms with van der Waals surface area (Å²) in [5.74, 6) is 0. The summed E-state index contributed by atoms with van der Waals surface area (Å²) in [4.78, 5) is 0. The lowest BCUT2D eigenvalue weighted by Gasteiger charge is -2.36. The van der Waals surface area contributed by atoms with E-state index in [1.165, 1.54) is 5.57 Å². The highest BCUT2D eigenvalue weighted by Crippen LogP contribution is 2.36. The van der Waals surface area contributed by atoms with E-state index in [4.69, 9.17) is 13.9 Å². The smallest absolute Gasteiger partial charge is 0.192 e. The molecular weight excluding hydrogens is 304 g/mol. The van der Waals surface area contributed by atoms with Crippen LogP contribution < -0.4 is 0 Å². The maximum atomic E-state index is 6.27. The number of hydrogen-bond donors (Lipinski definition) is 0. The molecule has 1 aliphatic heterocycles. The van der Waals surface area contributed by atoms with Crippen LogP contribution in [-0.2, 0) is 13.9 Å². The van der Waals surface area contributed by atoms with Crippen LogP contribution in [0.25, 0.3) is 0 Å². The summed E-state index contributed by atoms with van der Waals surface area (Å²) in [7, 11) is -1.66. The molecule has 0 atom stereocenters. The topological polar surface area (TPSA) is 27.7 Å². The maximum absolute atomic E-state index is 6.27. The van der Waals surface area contributed by atoms with Crippen LogP contribution in [-0.4, -0.2) is 34.4 Å². The van der Waals surface area contributed by atoms with Crippen molar-refractivity contribution in [1.82, 2.24) is 0 Å². The van der Waals surface area contributed by atoms with Crippen LogP contribution in [0, 0.1) is 5.41 Å². The molecule has 0 unspecified atom stereocenters. The third-order valence-electron chi connectivity index (χ3n) is 4.80. The van der Waals surface area contributed by atoms with Crippen LogP contribution in [0.1, 0.15) is 48.0 Å². The summed E-state index contributed by atoms with van der Waals surface area (Å²) >= 11 is 0. The molecule has 4 heteroatoms. The fraction of sp³-hybridized carbons (Fsp3) is 0.789. The molecule has 1 aliphatic rings. The zero-order valence-electron chi connectivity index (χ0n) is 16.4. The third kappa shape index (κ3) is 7.33. The van der Waals surface area contributed by atoms with Gasteiger partial charge < -0.3 is 13.9 Å². The van der Waals surface area contributed by atoms with E-state index in [1.54, 1.807) is 0 Å². The van der Waals surface area contributed by atoms with Crippen molar-refractivity contribution in [2.75, 3.05) is 19.8 Å². The quantitative estimate of drug-likeness (QED) is 0.465. The molecule has 0 aliphatic carbocycles. The van der Waals surface area contributed by atoms with Crippen LogP contribution in [0.3, 0.4) is 0 Å². The zero-order chi connectivity index (χ0) is 17.7. The molecule has 1 rings (SSSR count). The molecule has 134 valence electrons. The van der Waals surface area contributed by atoms with Crippen molar-refractivity contribution in [2.24, 2.45) is 5.41 Å². The van der Waals surface area contributed by atoms with E-state index in [-0.39, 0.29) is 16.7 Å². The highest BCUT2D eigenvalue weighted by atomic mass is 28.4. The summed E-state index contributed by atoms with van der Waals surface area (Å²) in [6, 6.07) is 0. The van der Waals surface area contributed by atoms with Crippen molar-refractivity contribution in [1.29, 1.82) is 0 Å². The standard InChI is InChI=1S/C19H36O3Si/c1-16(15-22-23(7,8)18(2,3)4)9-11-19(5,6)12-10-17-20-13-14-21-17/h9-10,12,17H,11,13-15H2,1-8H3/b12-10+,16-9+. The molecule has 0 aromatic carbocycles. The Morgan fingerprint density at radius 1 is 1.13 bits per heavy atom. The van der Waals surface area contributed by atoms with Gasteiger partial charge in [0.1, 0.15) is 0 Å². The molecule has 23 heavy (non-hydrogen) atoms. The van der Waals surface area contributed by atoms with E-state index in [1.807, 2.05) is 6.08 Å². The van der Waals surface area contributed by atoms with Crippen molar-refractivity contribution in [3.8, 4) is 0 Å². The first kappa shape index (κ1) is 20.6. The number of ether oxygens (including phenoxy) is 2. The van der Waals surface area contributed by atoms with Crippen molar-refractivity contribution >= 4 is 8.32 Å². The average Bonchev–Trinajstić information content (AvgIpc) is 2.93. The van der Waals surface area contributed by atoms with Gasteiger partial charge in [0.2, 0.25) is 0 Å². The van der Waals surface area contributed by atoms with Crippen molar-refractivity contribution in [3.63, 3.8) is 0 Å². The van der Waals surface area contributed by atoms with Gasteiger partial charge in [0.15, 0.2) is 14.6 Å². The Morgan fingerprint density at radius 3 is 2.22 bits per heavy atom. The lowest BCUT2D eigenvalue weighted by molar-refractivity contribution is -0.00220. The molecule has 1 heterocycles. The molecule has 1 saturated heterocycles. The van der Waals surface area contributed by atoms with Crippen molar-refractivity contribution in [2.45, 2.75) is 72.4 Å². The highest BCUT2D eigenvalue weighted by Gasteiger charge is 2.36. The van der Waals surface area contributed by atoms with E-state index in [2.05, 4.69) is 66.8 Å².